The third kappa shape index (κ3) is 17.0. The first-order chi connectivity index (χ1) is 13.4. The van der Waals surface area contributed by atoms with Gasteiger partial charge in [0.15, 0.2) is 0 Å². The Bertz CT molecular complexity index is 386. The van der Waals surface area contributed by atoms with Crippen LogP contribution in [0.5, 0.6) is 0 Å². The maximum absolute atomic E-state index is 5.75. The van der Waals surface area contributed by atoms with Gasteiger partial charge in [-0.15, -0.1) is 0 Å². The van der Waals surface area contributed by atoms with Gasteiger partial charge in [0, 0.05) is 6.61 Å². The van der Waals surface area contributed by atoms with E-state index in [-0.39, 0.29) is 0 Å². The van der Waals surface area contributed by atoms with Crippen LogP contribution in [-0.2, 0) is 11.2 Å². The monoisotopic (exact) mass is 373 g/mol. The van der Waals surface area contributed by atoms with Crippen molar-refractivity contribution in [1.82, 2.24) is 0 Å². The van der Waals surface area contributed by atoms with Gasteiger partial charge in [-0.25, -0.2) is 0 Å². The molecule has 0 aliphatic rings. The lowest BCUT2D eigenvalue weighted by Gasteiger charge is -2.05. The van der Waals surface area contributed by atoms with Gasteiger partial charge in [0.25, 0.3) is 0 Å². The van der Waals surface area contributed by atoms with E-state index in [0.717, 1.165) is 19.6 Å². The highest BCUT2D eigenvalue weighted by Crippen LogP contribution is 2.13. The van der Waals surface area contributed by atoms with Crippen molar-refractivity contribution in [2.45, 2.75) is 116 Å². The summed E-state index contributed by atoms with van der Waals surface area (Å²) < 4.78 is 5.75. The maximum atomic E-state index is 5.75. The molecule has 0 fully saturated rings. The Labute approximate surface area is 170 Å². The fraction of sp³-hybridized carbons (Fsp3) is 0.769. The summed E-state index contributed by atoms with van der Waals surface area (Å²) in [5.41, 5.74) is 1.35. The topological polar surface area (TPSA) is 9.23 Å². The van der Waals surface area contributed by atoms with Gasteiger partial charge < -0.3 is 4.74 Å². The van der Waals surface area contributed by atoms with Crippen LogP contribution in [0, 0.1) is 6.07 Å². The molecule has 1 aromatic rings. The number of rotatable bonds is 20. The maximum Gasteiger partial charge on any atom is 0.0506 e. The van der Waals surface area contributed by atoms with Gasteiger partial charge in [-0.05, 0) is 24.5 Å². The second-order valence-corrected chi connectivity index (χ2v) is 8.07. The van der Waals surface area contributed by atoms with E-state index < -0.39 is 0 Å². The number of hydrogen-bond acceptors (Lipinski definition) is 1. The molecule has 0 aliphatic carbocycles. The van der Waals surface area contributed by atoms with Crippen molar-refractivity contribution in [2.24, 2.45) is 0 Å². The van der Waals surface area contributed by atoms with Gasteiger partial charge in [0.2, 0.25) is 0 Å². The van der Waals surface area contributed by atoms with E-state index in [1.807, 2.05) is 12.1 Å². The van der Waals surface area contributed by atoms with Crippen LogP contribution >= 0.6 is 0 Å². The average molecular weight is 374 g/mol. The zero-order valence-corrected chi connectivity index (χ0v) is 18.2. The molecule has 155 valence electrons. The predicted octanol–water partition coefficient (Wildman–Crippen LogP) is 8.31. The molecule has 1 nitrogen and oxygen atoms in total. The third-order valence-electron chi connectivity index (χ3n) is 5.46. The Morgan fingerprint density at radius 1 is 0.593 bits per heavy atom. The molecule has 27 heavy (non-hydrogen) atoms. The summed E-state index contributed by atoms with van der Waals surface area (Å²) in [4.78, 5) is 0. The summed E-state index contributed by atoms with van der Waals surface area (Å²) in [6, 6.07) is 11.3. The molecule has 0 bridgehead atoms. The fourth-order valence-electron chi connectivity index (χ4n) is 3.63. The van der Waals surface area contributed by atoms with Gasteiger partial charge in [0.1, 0.15) is 0 Å². The molecular formula is C26H45O. The first-order valence-electron chi connectivity index (χ1n) is 12.0. The Kier molecular flexibility index (Phi) is 17.9. The number of benzene rings is 1. The first-order valence-corrected chi connectivity index (χ1v) is 12.0. The van der Waals surface area contributed by atoms with E-state index in [9.17, 15) is 0 Å². The molecule has 0 unspecified atom stereocenters. The van der Waals surface area contributed by atoms with Gasteiger partial charge >= 0.3 is 0 Å². The Hall–Kier alpha value is -0.820. The van der Waals surface area contributed by atoms with Crippen LogP contribution in [0.3, 0.4) is 0 Å². The summed E-state index contributed by atoms with van der Waals surface area (Å²) in [6.07, 6.45) is 23.7. The van der Waals surface area contributed by atoms with Crippen LogP contribution < -0.4 is 0 Å². The summed E-state index contributed by atoms with van der Waals surface area (Å²) in [6.45, 7) is 4.07. The van der Waals surface area contributed by atoms with Gasteiger partial charge in [-0.2, -0.15) is 0 Å². The molecule has 0 saturated carbocycles. The van der Waals surface area contributed by atoms with Crippen molar-refractivity contribution in [2.75, 3.05) is 13.2 Å². The van der Waals surface area contributed by atoms with Crippen molar-refractivity contribution < 1.29 is 4.74 Å². The van der Waals surface area contributed by atoms with Gasteiger partial charge in [0.05, 0.1) is 6.61 Å². The van der Waals surface area contributed by atoms with Crippen molar-refractivity contribution in [3.8, 4) is 0 Å². The Morgan fingerprint density at radius 3 is 1.52 bits per heavy atom. The van der Waals surface area contributed by atoms with Crippen LogP contribution in [0.25, 0.3) is 0 Å². The van der Waals surface area contributed by atoms with Crippen LogP contribution in [0.15, 0.2) is 24.3 Å². The second kappa shape index (κ2) is 19.9. The van der Waals surface area contributed by atoms with E-state index in [4.69, 9.17) is 4.74 Å². The minimum Gasteiger partial charge on any atom is -0.381 e. The Morgan fingerprint density at radius 2 is 1.04 bits per heavy atom. The quantitative estimate of drug-likeness (QED) is 0.209. The average Bonchev–Trinajstić information content (AvgIpc) is 2.70. The van der Waals surface area contributed by atoms with Crippen LogP contribution in [-0.4, -0.2) is 13.2 Å². The minimum absolute atomic E-state index is 0.850. The van der Waals surface area contributed by atoms with Crippen molar-refractivity contribution in [3.63, 3.8) is 0 Å². The number of hydrogen-bond donors (Lipinski definition) is 0. The molecule has 0 N–H and O–H groups in total. The molecule has 0 aromatic heterocycles. The molecule has 1 heteroatoms. The van der Waals surface area contributed by atoms with Crippen molar-refractivity contribution in [3.05, 3.63) is 35.9 Å². The molecule has 0 atom stereocenters. The zero-order valence-electron chi connectivity index (χ0n) is 18.2. The van der Waals surface area contributed by atoms with Crippen LogP contribution in [0.4, 0.5) is 0 Å². The van der Waals surface area contributed by atoms with E-state index in [2.05, 4.69) is 25.1 Å². The molecular weight excluding hydrogens is 328 g/mol. The summed E-state index contributed by atoms with van der Waals surface area (Å²) in [5.74, 6) is 0. The summed E-state index contributed by atoms with van der Waals surface area (Å²) in [7, 11) is 0. The van der Waals surface area contributed by atoms with Crippen molar-refractivity contribution in [1.29, 1.82) is 0 Å². The van der Waals surface area contributed by atoms with Gasteiger partial charge in [-0.3, -0.25) is 0 Å². The SMILES string of the molecule is CCCCCCCCCCCCCCCCCCOCCc1cc[c]cc1. The van der Waals surface area contributed by atoms with E-state index in [0.29, 0.717) is 0 Å². The first kappa shape index (κ1) is 24.2. The van der Waals surface area contributed by atoms with E-state index in [1.54, 1.807) is 0 Å². The molecule has 0 saturated heterocycles. The third-order valence-corrected chi connectivity index (χ3v) is 5.46. The lowest BCUT2D eigenvalue weighted by Crippen LogP contribution is -2.00. The molecule has 0 amide bonds. The highest BCUT2D eigenvalue weighted by molar-refractivity contribution is 5.13. The largest absolute Gasteiger partial charge is 0.381 e. The molecule has 0 aliphatic heterocycles. The van der Waals surface area contributed by atoms with E-state index >= 15 is 0 Å². The highest BCUT2D eigenvalue weighted by atomic mass is 16.5. The summed E-state index contributed by atoms with van der Waals surface area (Å²) in [5, 5.41) is 0. The number of unbranched alkanes of at least 4 members (excludes halogenated alkanes) is 15. The number of ether oxygens (including phenoxy) is 1. The summed E-state index contributed by atoms with van der Waals surface area (Å²) >= 11 is 0. The lowest BCUT2D eigenvalue weighted by atomic mass is 10.0. The molecule has 1 aromatic carbocycles. The van der Waals surface area contributed by atoms with Crippen molar-refractivity contribution >= 4 is 0 Å². The second-order valence-electron chi connectivity index (χ2n) is 8.07. The van der Waals surface area contributed by atoms with Crippen LogP contribution in [0.1, 0.15) is 115 Å². The van der Waals surface area contributed by atoms with E-state index in [1.165, 1.54) is 108 Å². The Balaban J connectivity index is 1.67. The zero-order chi connectivity index (χ0) is 19.3. The minimum atomic E-state index is 0.850. The molecule has 1 rings (SSSR count). The lowest BCUT2D eigenvalue weighted by molar-refractivity contribution is 0.133. The standard InChI is InChI=1S/C26H45O/c1-2-3-4-5-6-7-8-9-10-11-12-13-14-15-16-20-24-27-25-23-26-21-18-17-19-22-26/h18-19,21-22H,2-16,20,23-25H2,1H3. The predicted molar refractivity (Wildman–Crippen MR) is 119 cm³/mol. The van der Waals surface area contributed by atoms with Crippen LogP contribution in [0.2, 0.25) is 0 Å². The highest BCUT2D eigenvalue weighted by Gasteiger charge is 1.96. The smallest absolute Gasteiger partial charge is 0.0506 e. The normalized spacial score (nSPS) is 11.1. The molecule has 0 heterocycles. The molecule has 0 spiro atoms. The van der Waals surface area contributed by atoms with Gasteiger partial charge in [-0.1, -0.05) is 128 Å². The fourth-order valence-corrected chi connectivity index (χ4v) is 3.63. The molecule has 1 radical (unpaired) electrons.